The average molecular weight is 343 g/mol. The van der Waals surface area contributed by atoms with Crippen molar-refractivity contribution in [2.24, 2.45) is 0 Å². The lowest BCUT2D eigenvalue weighted by atomic mass is 10.2. The summed E-state index contributed by atoms with van der Waals surface area (Å²) in [6.07, 6.45) is -0.961. The number of benzene rings is 2. The molecule has 0 saturated carbocycles. The predicted molar refractivity (Wildman–Crippen MR) is 88.7 cm³/mol. The van der Waals surface area contributed by atoms with Crippen LogP contribution in [0.4, 0.5) is 5.69 Å². The first kappa shape index (κ1) is 16.6. The van der Waals surface area contributed by atoms with E-state index in [2.05, 4.69) is 5.32 Å². The van der Waals surface area contributed by atoms with Gasteiger partial charge in [0, 0.05) is 11.8 Å². The molecule has 1 amide bonds. The van der Waals surface area contributed by atoms with Gasteiger partial charge in [0.2, 0.25) is 6.79 Å². The molecule has 7 nitrogen and oxygen atoms in total. The highest BCUT2D eigenvalue weighted by molar-refractivity contribution is 5.95. The van der Waals surface area contributed by atoms with Gasteiger partial charge >= 0.3 is 5.97 Å². The van der Waals surface area contributed by atoms with Crippen LogP contribution in [-0.4, -0.2) is 31.4 Å². The van der Waals surface area contributed by atoms with E-state index < -0.39 is 18.0 Å². The zero-order valence-corrected chi connectivity index (χ0v) is 13.6. The van der Waals surface area contributed by atoms with Gasteiger partial charge in [-0.3, -0.25) is 4.79 Å². The highest BCUT2D eigenvalue weighted by atomic mass is 16.7. The first-order valence-corrected chi connectivity index (χ1v) is 7.69. The van der Waals surface area contributed by atoms with Crippen LogP contribution in [0, 0.1) is 0 Å². The van der Waals surface area contributed by atoms with Crippen molar-refractivity contribution >= 4 is 17.6 Å². The van der Waals surface area contributed by atoms with Crippen LogP contribution in [0.25, 0.3) is 0 Å². The van der Waals surface area contributed by atoms with Crippen LogP contribution in [-0.2, 0) is 14.3 Å². The molecule has 0 radical (unpaired) electrons. The summed E-state index contributed by atoms with van der Waals surface area (Å²) in [4.78, 5) is 23.9. The number of carbonyl (C=O) groups is 2. The molecule has 0 aromatic heterocycles. The predicted octanol–water partition coefficient (Wildman–Crippen LogP) is 2.36. The molecule has 1 aliphatic heterocycles. The normalized spacial score (nSPS) is 13.0. The van der Waals surface area contributed by atoms with Gasteiger partial charge in [-0.25, -0.2) is 4.79 Å². The number of para-hydroxylation sites is 1. The van der Waals surface area contributed by atoms with Gasteiger partial charge in [-0.15, -0.1) is 0 Å². The molecule has 0 unspecified atom stereocenters. The number of nitrogens with one attached hydrogen (secondary N) is 1. The van der Waals surface area contributed by atoms with Crippen LogP contribution >= 0.6 is 0 Å². The summed E-state index contributed by atoms with van der Waals surface area (Å²) >= 11 is 0. The van der Waals surface area contributed by atoms with Gasteiger partial charge in [-0.05, 0) is 31.2 Å². The summed E-state index contributed by atoms with van der Waals surface area (Å²) in [6.45, 7) is 1.37. The molecule has 1 heterocycles. The number of hydrogen-bond donors (Lipinski definition) is 1. The Labute approximate surface area is 144 Å². The minimum atomic E-state index is -0.961. The largest absolute Gasteiger partial charge is 0.482 e. The van der Waals surface area contributed by atoms with Crippen molar-refractivity contribution in [2.45, 2.75) is 13.0 Å². The molecule has 0 spiro atoms. The van der Waals surface area contributed by atoms with Gasteiger partial charge in [-0.1, -0.05) is 18.2 Å². The summed E-state index contributed by atoms with van der Waals surface area (Å²) in [6, 6.07) is 13.9. The summed E-state index contributed by atoms with van der Waals surface area (Å²) in [5.74, 6) is 0.648. The quantitative estimate of drug-likeness (QED) is 0.811. The maximum absolute atomic E-state index is 12.1. The van der Waals surface area contributed by atoms with Crippen LogP contribution in [0.5, 0.6) is 17.2 Å². The minimum Gasteiger partial charge on any atom is -0.482 e. The zero-order valence-electron chi connectivity index (χ0n) is 13.6. The molecule has 7 heteroatoms. The Hall–Kier alpha value is -3.22. The lowest BCUT2D eigenvalue weighted by molar-refractivity contribution is -0.155. The molecule has 1 atom stereocenters. The van der Waals surface area contributed by atoms with E-state index in [0.717, 1.165) is 0 Å². The lowest BCUT2D eigenvalue weighted by Gasteiger charge is -2.14. The van der Waals surface area contributed by atoms with Crippen molar-refractivity contribution in [1.82, 2.24) is 0 Å². The summed E-state index contributed by atoms with van der Waals surface area (Å²) in [7, 11) is 0. The van der Waals surface area contributed by atoms with Gasteiger partial charge in [-0.2, -0.15) is 0 Å². The zero-order chi connectivity index (χ0) is 17.6. The number of carbonyl (C=O) groups excluding carboxylic acids is 2. The number of fused-ring (bicyclic) bond motifs is 1. The van der Waals surface area contributed by atoms with Crippen LogP contribution in [0.3, 0.4) is 0 Å². The second-order valence-corrected chi connectivity index (χ2v) is 5.29. The smallest absolute Gasteiger partial charge is 0.344 e. The van der Waals surface area contributed by atoms with Crippen molar-refractivity contribution < 1.29 is 28.5 Å². The van der Waals surface area contributed by atoms with Crippen molar-refractivity contribution in [1.29, 1.82) is 0 Å². The fourth-order valence-corrected chi connectivity index (χ4v) is 2.16. The van der Waals surface area contributed by atoms with Gasteiger partial charge in [0.25, 0.3) is 5.91 Å². The topological polar surface area (TPSA) is 83.1 Å². The number of ether oxygens (including phenoxy) is 4. The second-order valence-electron chi connectivity index (χ2n) is 5.29. The summed E-state index contributed by atoms with van der Waals surface area (Å²) in [5.41, 5.74) is 0.526. The number of rotatable bonds is 6. The van der Waals surface area contributed by atoms with Gasteiger partial charge in [0.05, 0.1) is 0 Å². The maximum Gasteiger partial charge on any atom is 0.344 e. The van der Waals surface area contributed by atoms with Gasteiger partial charge < -0.3 is 24.3 Å². The fourth-order valence-electron chi connectivity index (χ4n) is 2.16. The molecule has 0 fully saturated rings. The Morgan fingerprint density at radius 2 is 1.88 bits per heavy atom. The average Bonchev–Trinajstić information content (AvgIpc) is 3.08. The molecule has 0 bridgehead atoms. The lowest BCUT2D eigenvalue weighted by Crippen LogP contribution is -2.31. The molecule has 1 aliphatic rings. The highest BCUT2D eigenvalue weighted by Crippen LogP contribution is 2.34. The van der Waals surface area contributed by atoms with Gasteiger partial charge in [0.15, 0.2) is 24.2 Å². The second kappa shape index (κ2) is 7.57. The fraction of sp³-hybridized carbons (Fsp3) is 0.222. The van der Waals surface area contributed by atoms with Crippen molar-refractivity contribution in [3.8, 4) is 17.2 Å². The number of anilines is 1. The van der Waals surface area contributed by atoms with Crippen molar-refractivity contribution in [3.63, 3.8) is 0 Å². The first-order chi connectivity index (χ1) is 12.1. The van der Waals surface area contributed by atoms with Crippen LogP contribution in [0.15, 0.2) is 48.5 Å². The third-order valence-electron chi connectivity index (χ3n) is 3.42. The van der Waals surface area contributed by atoms with E-state index in [1.54, 1.807) is 42.5 Å². The van der Waals surface area contributed by atoms with E-state index in [1.165, 1.54) is 6.92 Å². The number of hydrogen-bond acceptors (Lipinski definition) is 6. The highest BCUT2D eigenvalue weighted by Gasteiger charge is 2.20. The molecule has 1 N–H and O–H groups in total. The van der Waals surface area contributed by atoms with Gasteiger partial charge in [0.1, 0.15) is 5.75 Å². The SMILES string of the molecule is C[C@H](OC(=O)COc1ccccc1)C(=O)Nc1ccc2c(c1)OCO2. The Morgan fingerprint density at radius 1 is 1.12 bits per heavy atom. The maximum atomic E-state index is 12.1. The van der Waals surface area contributed by atoms with Crippen LogP contribution < -0.4 is 19.5 Å². The third-order valence-corrected chi connectivity index (χ3v) is 3.42. The molecule has 130 valence electrons. The molecule has 2 aromatic carbocycles. The standard InChI is InChI=1S/C18H17NO6/c1-12(25-17(20)10-22-14-5-3-2-4-6-14)18(21)19-13-7-8-15-16(9-13)24-11-23-15/h2-9,12H,10-11H2,1H3,(H,19,21)/t12-/m0/s1. The van der Waals surface area contributed by atoms with Crippen molar-refractivity contribution in [3.05, 3.63) is 48.5 Å². The molecule has 2 aromatic rings. The molecule has 0 saturated heterocycles. The molecular formula is C18H17NO6. The van der Waals surface area contributed by atoms with E-state index in [1.807, 2.05) is 6.07 Å². The van der Waals surface area contributed by atoms with E-state index in [-0.39, 0.29) is 13.4 Å². The number of amides is 1. The summed E-state index contributed by atoms with van der Waals surface area (Å²) in [5, 5.41) is 2.66. The Kier molecular flexibility index (Phi) is 5.03. The molecule has 25 heavy (non-hydrogen) atoms. The van der Waals surface area contributed by atoms with E-state index in [9.17, 15) is 9.59 Å². The van der Waals surface area contributed by atoms with E-state index in [4.69, 9.17) is 18.9 Å². The Morgan fingerprint density at radius 3 is 2.68 bits per heavy atom. The first-order valence-electron chi connectivity index (χ1n) is 7.69. The van der Waals surface area contributed by atoms with Crippen molar-refractivity contribution in [2.75, 3.05) is 18.7 Å². The van der Waals surface area contributed by atoms with Crippen LogP contribution in [0.1, 0.15) is 6.92 Å². The third kappa shape index (κ3) is 4.41. The van der Waals surface area contributed by atoms with Crippen LogP contribution in [0.2, 0.25) is 0 Å². The molecule has 3 rings (SSSR count). The minimum absolute atomic E-state index is 0.155. The molecular weight excluding hydrogens is 326 g/mol. The number of esters is 1. The molecule has 0 aliphatic carbocycles. The monoisotopic (exact) mass is 343 g/mol. The van der Waals surface area contributed by atoms with E-state index >= 15 is 0 Å². The summed E-state index contributed by atoms with van der Waals surface area (Å²) < 4.78 is 20.8. The Bertz CT molecular complexity index is 761. The van der Waals surface area contributed by atoms with E-state index in [0.29, 0.717) is 22.9 Å². The Balaban J connectivity index is 1.48.